The van der Waals surface area contributed by atoms with Crippen molar-refractivity contribution in [2.45, 2.75) is 122 Å². The Morgan fingerprint density at radius 1 is 0.836 bits per heavy atom. The van der Waals surface area contributed by atoms with Gasteiger partial charge < -0.3 is 28.3 Å². The number of H-pyrrole nitrogens is 1. The first-order valence-electron chi connectivity index (χ1n) is 23.4. The molecule has 0 saturated carbocycles. The molecule has 2 aliphatic rings. The summed E-state index contributed by atoms with van der Waals surface area (Å²) in [4.78, 5) is 60.1. The molecule has 2 fully saturated rings. The van der Waals surface area contributed by atoms with E-state index in [1.54, 1.807) is 6.92 Å². The minimum Gasteiger partial charge on any atom is -0.444 e. The second-order valence-corrected chi connectivity index (χ2v) is 24.1. The van der Waals surface area contributed by atoms with E-state index in [2.05, 4.69) is 67.1 Å². The van der Waals surface area contributed by atoms with E-state index in [9.17, 15) is 19.2 Å². The lowest BCUT2D eigenvalue weighted by molar-refractivity contribution is -0.0623. The average Bonchev–Trinajstić information content (AvgIpc) is 3.69. The van der Waals surface area contributed by atoms with Gasteiger partial charge in [-0.05, 0) is 73.5 Å². The van der Waals surface area contributed by atoms with Gasteiger partial charge in [-0.3, -0.25) is 19.2 Å². The number of likely N-dealkylation sites (tertiary alicyclic amines) is 1. The molecule has 2 aliphatic heterocycles. The molecule has 356 valence electrons. The monoisotopic (exact) mass is 930 g/mol. The van der Waals surface area contributed by atoms with Crippen LogP contribution >= 0.6 is 0 Å². The predicted octanol–water partition coefficient (Wildman–Crippen LogP) is 8.26. The Kier molecular flexibility index (Phi) is 15.7. The topological polar surface area (TPSA) is 142 Å². The van der Waals surface area contributed by atoms with Crippen molar-refractivity contribution in [3.8, 4) is 0 Å². The van der Waals surface area contributed by atoms with E-state index >= 15 is 0 Å². The summed E-state index contributed by atoms with van der Waals surface area (Å²) in [5, 5.41) is 1.79. The van der Waals surface area contributed by atoms with Crippen molar-refractivity contribution in [3.05, 3.63) is 165 Å². The number of rotatable bonds is 15. The number of aryl methyl sites for hydroxylation is 1. The molecule has 4 aromatic carbocycles. The van der Waals surface area contributed by atoms with E-state index < -0.39 is 55.9 Å². The molecule has 0 aliphatic carbocycles. The molecule has 0 bridgehead atoms. The van der Waals surface area contributed by atoms with E-state index in [0.717, 1.165) is 40.8 Å². The molecular weight excluding hydrogens is 865 g/mol. The van der Waals surface area contributed by atoms with E-state index in [-0.39, 0.29) is 30.2 Å². The molecular formula is C53H66N4O9Si. The summed E-state index contributed by atoms with van der Waals surface area (Å²) in [5.74, 6) is 0. The highest BCUT2D eigenvalue weighted by Crippen LogP contribution is 2.39. The zero-order chi connectivity index (χ0) is 47.8. The van der Waals surface area contributed by atoms with Crippen LogP contribution in [0, 0.1) is 6.92 Å². The van der Waals surface area contributed by atoms with E-state index in [1.165, 1.54) is 10.8 Å². The van der Waals surface area contributed by atoms with Gasteiger partial charge in [-0.15, -0.1) is 0 Å². The summed E-state index contributed by atoms with van der Waals surface area (Å²) in [6, 6.07) is 40.0. The molecule has 1 N–H and O–H groups in total. The summed E-state index contributed by atoms with van der Waals surface area (Å²) < 4.78 is 33.8. The van der Waals surface area contributed by atoms with Crippen LogP contribution in [0.4, 0.5) is 9.59 Å². The van der Waals surface area contributed by atoms with Gasteiger partial charge in [0, 0.05) is 50.4 Å². The highest BCUT2D eigenvalue weighted by Gasteiger charge is 2.52. The number of ether oxygens (including phenoxy) is 4. The van der Waals surface area contributed by atoms with E-state index in [4.69, 9.17) is 23.4 Å². The third-order valence-electron chi connectivity index (χ3n) is 12.6. The van der Waals surface area contributed by atoms with Crippen LogP contribution in [0.5, 0.6) is 0 Å². The number of hydrogen-bond acceptors (Lipinski definition) is 10. The van der Waals surface area contributed by atoms with Crippen LogP contribution in [0.3, 0.4) is 0 Å². The third-order valence-corrected chi connectivity index (χ3v) is 17.6. The molecule has 1 aromatic heterocycles. The van der Waals surface area contributed by atoms with Crippen molar-refractivity contribution in [1.29, 1.82) is 0 Å². The van der Waals surface area contributed by atoms with Crippen molar-refractivity contribution in [1.82, 2.24) is 19.4 Å². The number of carbonyl (C=O) groups excluding carboxylic acids is 2. The number of hydrogen-bond donors (Lipinski definition) is 1. The van der Waals surface area contributed by atoms with Gasteiger partial charge in [0.05, 0.1) is 6.61 Å². The number of aromatic nitrogens is 2. The molecule has 5 aromatic rings. The average molecular weight is 931 g/mol. The zero-order valence-corrected chi connectivity index (χ0v) is 40.9. The Bertz CT molecular complexity index is 2470. The summed E-state index contributed by atoms with van der Waals surface area (Å²) in [7, 11) is -3.08. The number of carbonyl (C=O) groups is 2. The van der Waals surface area contributed by atoms with Gasteiger partial charge in [0.25, 0.3) is 13.9 Å². The molecule has 3 unspecified atom stereocenters. The minimum atomic E-state index is -3.08. The van der Waals surface area contributed by atoms with Crippen molar-refractivity contribution in [2.75, 3.05) is 26.2 Å². The zero-order valence-electron chi connectivity index (χ0n) is 39.9. The summed E-state index contributed by atoms with van der Waals surface area (Å²) in [6.45, 7) is 15.8. The molecule has 67 heavy (non-hydrogen) atoms. The molecule has 7 rings (SSSR count). The lowest BCUT2D eigenvalue weighted by atomic mass is 10.0. The predicted molar refractivity (Wildman–Crippen MR) is 261 cm³/mol. The highest BCUT2D eigenvalue weighted by molar-refractivity contribution is 6.99. The molecule has 5 atom stereocenters. The number of benzene rings is 4. The molecule has 0 spiro atoms. The molecule has 3 heterocycles. The van der Waals surface area contributed by atoms with Crippen LogP contribution in [-0.4, -0.2) is 90.0 Å². The standard InChI is InChI=1S/C53H66N4O9Si/c1-38-33-57(49(59)54-48(38)58)47-32-44(46(63-47)37-62-67(53(5,6)7,42-27-16-10-17-28-42)43-29-18-11-19-30-43)64-51(61)65-45(40-24-14-9-15-25-40)36-55(34-39-22-12-8-13-23-39)35-41-26-20-21-31-56(41)50(60)66-52(2,3)4/h8-19,22-25,27-30,33,41,44-47H,20-21,26,31-32,34-37H2,1-7H3,(H,54,58,59)/t41?,44?,45?,46-,47-/m1/s1. The largest absolute Gasteiger partial charge is 0.509 e. The fraction of sp³-hybridized carbons (Fsp3) is 0.434. The van der Waals surface area contributed by atoms with Gasteiger partial charge in [-0.1, -0.05) is 142 Å². The van der Waals surface area contributed by atoms with Crippen LogP contribution in [0.1, 0.15) is 96.2 Å². The van der Waals surface area contributed by atoms with Crippen LogP contribution in [0.15, 0.2) is 137 Å². The molecule has 13 nitrogen and oxygen atoms in total. The number of piperidine rings is 1. The number of aromatic amines is 1. The first-order chi connectivity index (χ1) is 32.0. The Labute approximate surface area is 395 Å². The maximum absolute atomic E-state index is 14.4. The number of amides is 1. The minimum absolute atomic E-state index is 0.0291. The highest BCUT2D eigenvalue weighted by atomic mass is 28.4. The normalized spacial score (nSPS) is 19.5. The first-order valence-corrected chi connectivity index (χ1v) is 25.3. The van der Waals surface area contributed by atoms with Crippen LogP contribution in [0.25, 0.3) is 0 Å². The Morgan fingerprint density at radius 2 is 1.43 bits per heavy atom. The van der Waals surface area contributed by atoms with Gasteiger partial charge in [0.2, 0.25) is 0 Å². The lowest BCUT2D eigenvalue weighted by Crippen LogP contribution is -2.67. The Hall–Kier alpha value is -5.80. The van der Waals surface area contributed by atoms with Gasteiger partial charge >= 0.3 is 17.9 Å². The van der Waals surface area contributed by atoms with E-state index in [0.29, 0.717) is 31.7 Å². The lowest BCUT2D eigenvalue weighted by Gasteiger charge is -2.43. The molecule has 14 heteroatoms. The van der Waals surface area contributed by atoms with Crippen molar-refractivity contribution in [3.63, 3.8) is 0 Å². The number of nitrogens with one attached hydrogen (secondary N) is 1. The van der Waals surface area contributed by atoms with Gasteiger partial charge in [0.1, 0.15) is 30.1 Å². The van der Waals surface area contributed by atoms with Crippen molar-refractivity contribution in [2.24, 2.45) is 0 Å². The smallest absolute Gasteiger partial charge is 0.444 e. The summed E-state index contributed by atoms with van der Waals surface area (Å²) in [5.41, 5.74) is 0.411. The maximum atomic E-state index is 14.4. The Balaban J connectivity index is 1.18. The second-order valence-electron chi connectivity index (χ2n) is 19.7. The van der Waals surface area contributed by atoms with Crippen molar-refractivity contribution >= 4 is 30.9 Å². The third kappa shape index (κ3) is 12.2. The van der Waals surface area contributed by atoms with Crippen molar-refractivity contribution < 1.29 is 33.0 Å². The molecule has 1 amide bonds. The number of nitrogens with zero attached hydrogens (tertiary/aromatic N) is 3. The fourth-order valence-electron chi connectivity index (χ4n) is 9.39. The van der Waals surface area contributed by atoms with Gasteiger partial charge in [-0.2, -0.15) is 0 Å². The van der Waals surface area contributed by atoms with Gasteiger partial charge in [-0.25, -0.2) is 14.4 Å². The molecule has 0 radical (unpaired) electrons. The Morgan fingerprint density at radius 3 is 2.03 bits per heavy atom. The van der Waals surface area contributed by atoms with Crippen LogP contribution in [-0.2, 0) is 29.9 Å². The fourth-order valence-corrected chi connectivity index (χ4v) is 14.0. The molecule has 2 saturated heterocycles. The van der Waals surface area contributed by atoms with Gasteiger partial charge in [0.15, 0.2) is 0 Å². The second kappa shape index (κ2) is 21.4. The SMILES string of the molecule is Cc1cn([C@H]2CC(OC(=O)OC(CN(Cc3ccccc3)CC3CCCCN3C(=O)OC(C)(C)C)c3ccccc3)[C@@H](CO[Si](c3ccccc3)(c3ccccc3)C(C)(C)C)O2)c(=O)[nH]c1=O. The van der Waals surface area contributed by atoms with Crippen LogP contribution < -0.4 is 21.6 Å². The summed E-state index contributed by atoms with van der Waals surface area (Å²) >= 11 is 0. The quantitative estimate of drug-likeness (QED) is 0.0806. The summed E-state index contributed by atoms with van der Waals surface area (Å²) in [6.07, 6.45) is -0.396. The maximum Gasteiger partial charge on any atom is 0.509 e. The first kappa shape index (κ1) is 49.1. The van der Waals surface area contributed by atoms with E-state index in [1.807, 2.05) is 111 Å². The van der Waals surface area contributed by atoms with Crippen LogP contribution in [0.2, 0.25) is 5.04 Å².